The van der Waals surface area contributed by atoms with Crippen LogP contribution in [0.4, 0.5) is 10.1 Å². The number of anilines is 1. The third-order valence-corrected chi connectivity index (χ3v) is 7.58. The number of fused-ring (bicyclic) bond motifs is 2. The van der Waals surface area contributed by atoms with Crippen LogP contribution in [0.3, 0.4) is 0 Å². The van der Waals surface area contributed by atoms with E-state index in [1.165, 1.54) is 18.3 Å². The summed E-state index contributed by atoms with van der Waals surface area (Å²) in [4.78, 5) is 21.2. The van der Waals surface area contributed by atoms with Gasteiger partial charge in [0.1, 0.15) is 23.2 Å². The number of pyridine rings is 2. The lowest BCUT2D eigenvalue weighted by molar-refractivity contribution is -0.137. The van der Waals surface area contributed by atoms with Crippen LogP contribution < -0.4 is 5.32 Å². The summed E-state index contributed by atoms with van der Waals surface area (Å²) in [5.41, 5.74) is 1.17. The Morgan fingerprint density at radius 1 is 1.15 bits per heavy atom. The summed E-state index contributed by atoms with van der Waals surface area (Å²) in [6.07, 6.45) is 6.71. The summed E-state index contributed by atoms with van der Waals surface area (Å²) < 4.78 is 13.9. The molecule has 5 rings (SSSR count). The van der Waals surface area contributed by atoms with E-state index < -0.39 is 11.5 Å². The van der Waals surface area contributed by atoms with Crippen molar-refractivity contribution in [3.05, 3.63) is 65.9 Å². The molecule has 6 nitrogen and oxygen atoms in total. The molecule has 0 spiro atoms. The van der Waals surface area contributed by atoms with E-state index >= 15 is 0 Å². The largest absolute Gasteiger partial charge is 0.380 e. The van der Waals surface area contributed by atoms with Gasteiger partial charge in [-0.15, -0.1) is 0 Å². The lowest BCUT2D eigenvalue weighted by atomic mass is 9.83. The van der Waals surface area contributed by atoms with E-state index in [0.29, 0.717) is 23.4 Å². The van der Waals surface area contributed by atoms with Crippen molar-refractivity contribution in [1.29, 1.82) is 5.26 Å². The minimum Gasteiger partial charge on any atom is -0.380 e. The lowest BCUT2D eigenvalue weighted by Crippen LogP contribution is -2.46. The van der Waals surface area contributed by atoms with E-state index in [-0.39, 0.29) is 17.4 Å². The quantitative estimate of drug-likeness (QED) is 0.615. The highest BCUT2D eigenvalue weighted by molar-refractivity contribution is 5.97. The molecule has 7 heteroatoms. The molecule has 2 aliphatic carbocycles. The van der Waals surface area contributed by atoms with Gasteiger partial charge in [0.2, 0.25) is 0 Å². The first-order chi connectivity index (χ1) is 15.8. The summed E-state index contributed by atoms with van der Waals surface area (Å²) in [5, 5.41) is 23.6. The molecule has 0 bridgehead atoms. The summed E-state index contributed by atoms with van der Waals surface area (Å²) in [6.45, 7) is 1.59. The molecule has 2 saturated carbocycles. The number of aromatic nitrogens is 2. The topological polar surface area (TPSA) is 98.9 Å². The molecule has 1 amide bonds. The zero-order chi connectivity index (χ0) is 23.2. The molecule has 0 aliphatic heterocycles. The van der Waals surface area contributed by atoms with Crippen LogP contribution in [0.25, 0.3) is 10.9 Å². The first kappa shape index (κ1) is 21.5. The highest BCUT2D eigenvalue weighted by Crippen LogP contribution is 2.55. The third-order valence-electron chi connectivity index (χ3n) is 7.58. The van der Waals surface area contributed by atoms with Crippen LogP contribution in [-0.4, -0.2) is 26.6 Å². The van der Waals surface area contributed by atoms with Gasteiger partial charge in [0.15, 0.2) is 0 Å². The summed E-state index contributed by atoms with van der Waals surface area (Å²) in [7, 11) is 0. The number of rotatable bonds is 4. The number of hydrogen-bond acceptors (Lipinski definition) is 5. The second kappa shape index (κ2) is 8.20. The summed E-state index contributed by atoms with van der Waals surface area (Å²) in [6, 6.07) is 11.8. The number of carbonyl (C=O) groups excluding carboxylic acids is 1. The van der Waals surface area contributed by atoms with Gasteiger partial charge >= 0.3 is 0 Å². The second-order valence-electron chi connectivity index (χ2n) is 9.56. The Hall–Kier alpha value is -3.37. The van der Waals surface area contributed by atoms with Crippen molar-refractivity contribution >= 4 is 22.5 Å². The maximum atomic E-state index is 13.9. The van der Waals surface area contributed by atoms with Crippen LogP contribution >= 0.6 is 0 Å². The Morgan fingerprint density at radius 2 is 1.91 bits per heavy atom. The highest BCUT2D eigenvalue weighted by Gasteiger charge is 2.50. The zero-order valence-electron chi connectivity index (χ0n) is 18.3. The Balaban J connectivity index is 1.27. The molecule has 3 aromatic rings. The van der Waals surface area contributed by atoms with Gasteiger partial charge in [0.25, 0.3) is 5.91 Å². The fourth-order valence-corrected chi connectivity index (χ4v) is 5.80. The Kier molecular flexibility index (Phi) is 5.34. The van der Waals surface area contributed by atoms with Gasteiger partial charge < -0.3 is 10.4 Å². The fourth-order valence-electron chi connectivity index (χ4n) is 5.80. The van der Waals surface area contributed by atoms with E-state index in [9.17, 15) is 14.3 Å². The molecular weight excluding hydrogens is 419 g/mol. The van der Waals surface area contributed by atoms with Gasteiger partial charge in [-0.05, 0) is 98.2 Å². The van der Waals surface area contributed by atoms with Crippen molar-refractivity contribution in [2.45, 2.75) is 44.1 Å². The number of aliphatic hydroxyl groups is 1. The molecule has 5 atom stereocenters. The molecule has 3 unspecified atom stereocenters. The van der Waals surface area contributed by atoms with E-state index in [4.69, 9.17) is 5.26 Å². The van der Waals surface area contributed by atoms with E-state index in [1.807, 2.05) is 12.1 Å². The maximum Gasteiger partial charge on any atom is 0.256 e. The number of nitriles is 1. The van der Waals surface area contributed by atoms with Gasteiger partial charge in [0, 0.05) is 11.6 Å². The second-order valence-corrected chi connectivity index (χ2v) is 9.56. The van der Waals surface area contributed by atoms with Crippen molar-refractivity contribution in [1.82, 2.24) is 9.97 Å². The molecule has 0 radical (unpaired) electrons. The third kappa shape index (κ3) is 3.96. The van der Waals surface area contributed by atoms with Crippen LogP contribution in [0.1, 0.15) is 49.8 Å². The summed E-state index contributed by atoms with van der Waals surface area (Å²) in [5.74, 6) is 0.337. The number of nitrogens with zero attached hydrogens (tertiary/aromatic N) is 3. The van der Waals surface area contributed by atoms with Crippen molar-refractivity contribution in [3.63, 3.8) is 0 Å². The molecule has 2 heterocycles. The van der Waals surface area contributed by atoms with Gasteiger partial charge in [0.05, 0.1) is 17.4 Å². The Bertz CT molecular complexity index is 1240. The van der Waals surface area contributed by atoms with Crippen molar-refractivity contribution in [2.75, 3.05) is 5.32 Å². The van der Waals surface area contributed by atoms with Gasteiger partial charge in [-0.2, -0.15) is 5.26 Å². The average molecular weight is 445 g/mol. The number of halogens is 1. The normalized spacial score (nSPS) is 25.9. The molecule has 2 aliphatic rings. The number of carbonyl (C=O) groups is 1. The fraction of sp³-hybridized carbons (Fsp3) is 0.385. The van der Waals surface area contributed by atoms with Crippen molar-refractivity contribution in [3.8, 4) is 6.07 Å². The van der Waals surface area contributed by atoms with Crippen LogP contribution in [-0.2, 0) is 4.79 Å². The number of benzene rings is 1. The van der Waals surface area contributed by atoms with Gasteiger partial charge in [-0.1, -0.05) is 0 Å². The number of amides is 1. The highest BCUT2D eigenvalue weighted by atomic mass is 19.1. The first-order valence-corrected chi connectivity index (χ1v) is 11.3. The molecule has 168 valence electrons. The molecule has 33 heavy (non-hydrogen) atoms. The number of nitrogens with one attached hydrogen (secondary N) is 1. The molecule has 2 N–H and O–H groups in total. The van der Waals surface area contributed by atoms with E-state index in [1.54, 1.807) is 31.3 Å². The first-order valence-electron chi connectivity index (χ1n) is 11.3. The molecule has 1 aromatic carbocycles. The lowest BCUT2D eigenvalue weighted by Gasteiger charge is -2.30. The molecular formula is C26H25FN4O2. The summed E-state index contributed by atoms with van der Waals surface area (Å²) >= 11 is 0. The van der Waals surface area contributed by atoms with Gasteiger partial charge in [-0.25, -0.2) is 9.37 Å². The number of hydrogen-bond donors (Lipinski definition) is 2. The SMILES string of the molecule is CC(O)(C(=O)Nc1ccc(C#N)nc1)C1C[C@H]2CC(c3ccnc4ccc(F)cc34)C[C@H]2C1. The molecule has 0 saturated heterocycles. The van der Waals surface area contributed by atoms with Crippen molar-refractivity contribution in [2.24, 2.45) is 17.8 Å². The predicted octanol–water partition coefficient (Wildman–Crippen LogP) is 4.55. The Labute approximate surface area is 191 Å². The van der Waals surface area contributed by atoms with Crippen LogP contribution in [0.15, 0.2) is 48.8 Å². The van der Waals surface area contributed by atoms with Crippen LogP contribution in [0, 0.1) is 34.9 Å². The molecule has 2 fully saturated rings. The zero-order valence-corrected chi connectivity index (χ0v) is 18.3. The van der Waals surface area contributed by atoms with Crippen LogP contribution in [0.2, 0.25) is 0 Å². The average Bonchev–Trinajstić information content (AvgIpc) is 3.39. The van der Waals surface area contributed by atoms with E-state index in [2.05, 4.69) is 15.3 Å². The minimum atomic E-state index is -1.50. The Morgan fingerprint density at radius 3 is 2.58 bits per heavy atom. The monoisotopic (exact) mass is 444 g/mol. The maximum absolute atomic E-state index is 13.9. The predicted molar refractivity (Wildman–Crippen MR) is 122 cm³/mol. The van der Waals surface area contributed by atoms with Gasteiger partial charge in [-0.3, -0.25) is 9.78 Å². The smallest absolute Gasteiger partial charge is 0.256 e. The van der Waals surface area contributed by atoms with E-state index in [0.717, 1.165) is 42.1 Å². The van der Waals surface area contributed by atoms with Crippen molar-refractivity contribution < 1.29 is 14.3 Å². The standard InChI is InChI=1S/C26H25FN4O2/c1-26(33,25(32)31-21-4-3-20(13-28)30-14-21)18-10-15-8-17(9-16(15)11-18)22-6-7-29-24-5-2-19(27)12-23(22)24/h2-7,12,14-18,33H,8-11H2,1H3,(H,31,32)/t15-,16+,17?,18?,26?. The van der Waals surface area contributed by atoms with Crippen LogP contribution in [0.5, 0.6) is 0 Å². The molecule has 2 aromatic heterocycles. The minimum absolute atomic E-state index is 0.133.